The van der Waals surface area contributed by atoms with Gasteiger partial charge in [0.25, 0.3) is 0 Å². The number of alkyl halides is 3. The van der Waals surface area contributed by atoms with E-state index in [1.807, 2.05) is 19.9 Å². The predicted molar refractivity (Wildman–Crippen MR) is 57.4 cm³/mol. The van der Waals surface area contributed by atoms with E-state index in [4.69, 9.17) is 0 Å². The van der Waals surface area contributed by atoms with Crippen LogP contribution in [0.15, 0.2) is 24.4 Å². The van der Waals surface area contributed by atoms with Crippen molar-refractivity contribution in [3.05, 3.63) is 35.5 Å². The molecule has 0 bridgehead atoms. The maximum Gasteiger partial charge on any atom is 0.416 e. The molecule has 0 amide bonds. The van der Waals surface area contributed by atoms with Crippen molar-refractivity contribution in [2.24, 2.45) is 0 Å². The molecule has 0 aliphatic carbocycles. The number of aromatic nitrogens is 1. The number of fused-ring (bicyclic) bond motifs is 1. The van der Waals surface area contributed by atoms with Crippen molar-refractivity contribution in [2.75, 3.05) is 0 Å². The van der Waals surface area contributed by atoms with Crippen LogP contribution in [0.3, 0.4) is 0 Å². The number of benzene rings is 1. The van der Waals surface area contributed by atoms with E-state index >= 15 is 0 Å². The maximum atomic E-state index is 12.7. The zero-order valence-corrected chi connectivity index (χ0v) is 9.02. The van der Waals surface area contributed by atoms with Gasteiger partial charge in [-0.1, -0.05) is 13.8 Å². The standard InChI is InChI=1S/C12H12F3N/c1-7(2)10-5-8(12(13,14)15)6-11-9(10)3-4-16-11/h3-7,16H,1-2H3. The van der Waals surface area contributed by atoms with Gasteiger partial charge in [-0.25, -0.2) is 0 Å². The Bertz CT molecular complexity index is 508. The lowest BCUT2D eigenvalue weighted by Gasteiger charge is -2.12. The highest BCUT2D eigenvalue weighted by Crippen LogP contribution is 2.35. The Labute approximate surface area is 91.3 Å². The highest BCUT2D eigenvalue weighted by Gasteiger charge is 2.31. The molecule has 1 aromatic heterocycles. The zero-order valence-electron chi connectivity index (χ0n) is 9.02. The number of hydrogen-bond donors (Lipinski definition) is 1. The quantitative estimate of drug-likeness (QED) is 0.747. The van der Waals surface area contributed by atoms with Crippen LogP contribution < -0.4 is 0 Å². The molecule has 4 heteroatoms. The van der Waals surface area contributed by atoms with E-state index in [0.29, 0.717) is 5.52 Å². The first kappa shape index (κ1) is 11.0. The molecule has 16 heavy (non-hydrogen) atoms. The molecule has 1 N–H and O–H groups in total. The molecule has 0 spiro atoms. The van der Waals surface area contributed by atoms with Gasteiger partial charge in [-0.05, 0) is 29.7 Å². The summed E-state index contributed by atoms with van der Waals surface area (Å²) >= 11 is 0. The van der Waals surface area contributed by atoms with E-state index in [9.17, 15) is 13.2 Å². The second kappa shape index (κ2) is 3.54. The molecule has 0 fully saturated rings. The lowest BCUT2D eigenvalue weighted by Crippen LogP contribution is -2.06. The Balaban J connectivity index is 2.71. The smallest absolute Gasteiger partial charge is 0.361 e. The van der Waals surface area contributed by atoms with Crippen molar-refractivity contribution in [3.8, 4) is 0 Å². The molecule has 2 rings (SSSR count). The lowest BCUT2D eigenvalue weighted by atomic mass is 9.96. The van der Waals surface area contributed by atoms with Gasteiger partial charge in [0.1, 0.15) is 0 Å². The number of H-pyrrole nitrogens is 1. The van der Waals surface area contributed by atoms with E-state index in [2.05, 4.69) is 4.98 Å². The average Bonchev–Trinajstić information content (AvgIpc) is 2.61. The maximum absolute atomic E-state index is 12.7. The van der Waals surface area contributed by atoms with Gasteiger partial charge in [-0.15, -0.1) is 0 Å². The normalized spacial score (nSPS) is 12.6. The summed E-state index contributed by atoms with van der Waals surface area (Å²) in [5, 5.41) is 0.864. The van der Waals surface area contributed by atoms with Gasteiger partial charge < -0.3 is 4.98 Å². The SMILES string of the molecule is CC(C)c1cc(C(F)(F)F)cc2[nH]ccc12. The third kappa shape index (κ3) is 1.79. The zero-order chi connectivity index (χ0) is 11.9. The van der Waals surface area contributed by atoms with Crippen molar-refractivity contribution in [1.29, 1.82) is 0 Å². The summed E-state index contributed by atoms with van der Waals surface area (Å²) in [4.78, 5) is 2.83. The molecule has 0 radical (unpaired) electrons. The average molecular weight is 227 g/mol. The highest BCUT2D eigenvalue weighted by atomic mass is 19.4. The van der Waals surface area contributed by atoms with E-state index in [1.54, 1.807) is 6.20 Å². The number of rotatable bonds is 1. The van der Waals surface area contributed by atoms with Crippen molar-refractivity contribution < 1.29 is 13.2 Å². The Morgan fingerprint density at radius 1 is 1.19 bits per heavy atom. The Kier molecular flexibility index (Phi) is 2.45. The second-order valence-corrected chi connectivity index (χ2v) is 4.16. The Morgan fingerprint density at radius 3 is 2.44 bits per heavy atom. The van der Waals surface area contributed by atoms with Gasteiger partial charge in [0.05, 0.1) is 5.56 Å². The molecule has 0 unspecified atom stereocenters. The van der Waals surface area contributed by atoms with Gasteiger partial charge in [0.15, 0.2) is 0 Å². The molecule has 1 heterocycles. The van der Waals surface area contributed by atoms with E-state index in [0.717, 1.165) is 17.0 Å². The van der Waals surface area contributed by atoms with Crippen LogP contribution in [-0.4, -0.2) is 4.98 Å². The lowest BCUT2D eigenvalue weighted by molar-refractivity contribution is -0.137. The van der Waals surface area contributed by atoms with Crippen LogP contribution in [-0.2, 0) is 6.18 Å². The van der Waals surface area contributed by atoms with Gasteiger partial charge in [0, 0.05) is 17.1 Å². The molecular formula is C12H12F3N. The number of aromatic amines is 1. The molecular weight excluding hydrogens is 215 g/mol. The first-order valence-corrected chi connectivity index (χ1v) is 5.08. The first-order chi connectivity index (χ1) is 7.39. The molecule has 0 saturated heterocycles. The summed E-state index contributed by atoms with van der Waals surface area (Å²) in [5.74, 6) is 0.0700. The van der Waals surface area contributed by atoms with Crippen LogP contribution in [0.5, 0.6) is 0 Å². The van der Waals surface area contributed by atoms with Crippen LogP contribution in [0, 0.1) is 0 Å². The first-order valence-electron chi connectivity index (χ1n) is 5.08. The fraction of sp³-hybridized carbons (Fsp3) is 0.333. The molecule has 86 valence electrons. The van der Waals surface area contributed by atoms with Gasteiger partial charge in [-0.2, -0.15) is 13.2 Å². The highest BCUT2D eigenvalue weighted by molar-refractivity contribution is 5.84. The minimum atomic E-state index is -4.29. The molecule has 1 aromatic carbocycles. The van der Waals surface area contributed by atoms with E-state index < -0.39 is 11.7 Å². The van der Waals surface area contributed by atoms with Crippen LogP contribution >= 0.6 is 0 Å². The summed E-state index contributed by atoms with van der Waals surface area (Å²) in [5.41, 5.74) is 0.677. The largest absolute Gasteiger partial charge is 0.416 e. The fourth-order valence-electron chi connectivity index (χ4n) is 1.84. The van der Waals surface area contributed by atoms with Crippen LogP contribution in [0.1, 0.15) is 30.9 Å². The molecule has 1 nitrogen and oxygen atoms in total. The summed E-state index contributed by atoms with van der Waals surface area (Å²) in [6, 6.07) is 4.20. The second-order valence-electron chi connectivity index (χ2n) is 4.16. The van der Waals surface area contributed by atoms with Crippen LogP contribution in [0.25, 0.3) is 10.9 Å². The number of halogens is 3. The Hall–Kier alpha value is -1.45. The van der Waals surface area contributed by atoms with Crippen molar-refractivity contribution in [3.63, 3.8) is 0 Å². The molecule has 2 aromatic rings. The third-order valence-corrected chi connectivity index (χ3v) is 2.65. The van der Waals surface area contributed by atoms with E-state index in [1.165, 1.54) is 6.07 Å². The van der Waals surface area contributed by atoms with Gasteiger partial charge >= 0.3 is 6.18 Å². The van der Waals surface area contributed by atoms with Crippen LogP contribution in [0.4, 0.5) is 13.2 Å². The number of nitrogens with one attached hydrogen (secondary N) is 1. The van der Waals surface area contributed by atoms with Crippen molar-refractivity contribution in [2.45, 2.75) is 25.9 Å². The molecule has 0 atom stereocenters. The topological polar surface area (TPSA) is 15.8 Å². The van der Waals surface area contributed by atoms with E-state index in [-0.39, 0.29) is 5.92 Å². The predicted octanol–water partition coefficient (Wildman–Crippen LogP) is 4.31. The summed E-state index contributed by atoms with van der Waals surface area (Å²) in [6.07, 6.45) is -2.63. The van der Waals surface area contributed by atoms with Crippen LogP contribution in [0.2, 0.25) is 0 Å². The minimum absolute atomic E-state index is 0.0700. The molecule has 0 aliphatic rings. The van der Waals surface area contributed by atoms with Crippen molar-refractivity contribution >= 4 is 10.9 Å². The monoisotopic (exact) mass is 227 g/mol. The molecule has 0 aliphatic heterocycles. The van der Waals surface area contributed by atoms with Crippen molar-refractivity contribution in [1.82, 2.24) is 4.98 Å². The summed E-state index contributed by atoms with van der Waals surface area (Å²) in [6.45, 7) is 3.78. The Morgan fingerprint density at radius 2 is 1.88 bits per heavy atom. The van der Waals surface area contributed by atoms with Gasteiger partial charge in [-0.3, -0.25) is 0 Å². The fourth-order valence-corrected chi connectivity index (χ4v) is 1.84. The summed E-state index contributed by atoms with van der Waals surface area (Å²) in [7, 11) is 0. The minimum Gasteiger partial charge on any atom is -0.361 e. The molecule has 0 saturated carbocycles. The van der Waals surface area contributed by atoms with Gasteiger partial charge in [0.2, 0.25) is 0 Å². The number of hydrogen-bond acceptors (Lipinski definition) is 0. The third-order valence-electron chi connectivity index (χ3n) is 2.65. The summed E-state index contributed by atoms with van der Waals surface area (Å²) < 4.78 is 38.0.